The molecule has 2 rings (SSSR count). The number of nitrogens with zero attached hydrogens (tertiary/aromatic N) is 2. The van der Waals surface area contributed by atoms with Gasteiger partial charge >= 0.3 is 0 Å². The molecule has 0 aromatic carbocycles. The van der Waals surface area contributed by atoms with Gasteiger partial charge in [-0.3, -0.25) is 0 Å². The van der Waals surface area contributed by atoms with Crippen LogP contribution >= 0.6 is 11.8 Å². The van der Waals surface area contributed by atoms with Crippen molar-refractivity contribution in [1.82, 2.24) is 4.98 Å². The molecule has 1 saturated heterocycles. The average molecular weight is 238 g/mol. The van der Waals surface area contributed by atoms with Crippen LogP contribution < -0.4 is 4.90 Å². The van der Waals surface area contributed by atoms with Gasteiger partial charge in [-0.2, -0.15) is 11.8 Å². The predicted molar refractivity (Wildman–Crippen MR) is 69.0 cm³/mol. The van der Waals surface area contributed by atoms with Crippen LogP contribution in [0.2, 0.25) is 0 Å². The Hall–Kier alpha value is -0.740. The van der Waals surface area contributed by atoms with Gasteiger partial charge in [0.25, 0.3) is 0 Å². The number of aromatic nitrogens is 1. The average Bonchev–Trinajstić information content (AvgIpc) is 2.39. The zero-order valence-electron chi connectivity index (χ0n) is 9.59. The van der Waals surface area contributed by atoms with Gasteiger partial charge in [-0.25, -0.2) is 4.98 Å². The monoisotopic (exact) mass is 238 g/mol. The van der Waals surface area contributed by atoms with E-state index in [0.717, 1.165) is 30.9 Å². The molecule has 4 heteroatoms. The lowest BCUT2D eigenvalue weighted by atomic mass is 10.1. The van der Waals surface area contributed by atoms with Gasteiger partial charge in [0.05, 0.1) is 6.10 Å². The highest BCUT2D eigenvalue weighted by molar-refractivity contribution is 7.99. The van der Waals surface area contributed by atoms with Crippen molar-refractivity contribution in [3.05, 3.63) is 23.9 Å². The summed E-state index contributed by atoms with van der Waals surface area (Å²) >= 11 is 1.99. The third kappa shape index (κ3) is 2.68. The first-order chi connectivity index (χ1) is 7.81. The summed E-state index contributed by atoms with van der Waals surface area (Å²) in [6.07, 6.45) is 2.19. The van der Waals surface area contributed by atoms with E-state index < -0.39 is 0 Å². The van der Waals surface area contributed by atoms with E-state index in [9.17, 15) is 5.11 Å². The number of rotatable bonds is 3. The quantitative estimate of drug-likeness (QED) is 0.874. The summed E-state index contributed by atoms with van der Waals surface area (Å²) in [6, 6.07) is 3.92. The van der Waals surface area contributed by atoms with Crippen molar-refractivity contribution < 1.29 is 5.11 Å². The Bertz CT molecular complexity index is 340. The van der Waals surface area contributed by atoms with Gasteiger partial charge < -0.3 is 10.0 Å². The first kappa shape index (κ1) is 11.7. The molecule has 0 aliphatic carbocycles. The summed E-state index contributed by atoms with van der Waals surface area (Å²) in [6.45, 7) is 4.11. The molecular formula is C12H18N2OS. The molecule has 0 amide bonds. The smallest absolute Gasteiger partial charge is 0.128 e. The van der Waals surface area contributed by atoms with E-state index in [4.69, 9.17) is 0 Å². The van der Waals surface area contributed by atoms with Crippen molar-refractivity contribution >= 4 is 17.6 Å². The Morgan fingerprint density at radius 3 is 2.94 bits per heavy atom. The van der Waals surface area contributed by atoms with E-state index >= 15 is 0 Å². The number of aliphatic hydroxyl groups excluding tert-OH is 1. The third-order valence-electron chi connectivity index (χ3n) is 2.88. The third-order valence-corrected chi connectivity index (χ3v) is 3.82. The number of aliphatic hydroxyl groups is 1. The molecule has 1 aromatic heterocycles. The molecule has 2 heterocycles. The van der Waals surface area contributed by atoms with E-state index in [1.807, 2.05) is 30.8 Å². The minimum Gasteiger partial charge on any atom is -0.388 e. The van der Waals surface area contributed by atoms with E-state index in [2.05, 4.69) is 9.88 Å². The van der Waals surface area contributed by atoms with Crippen LogP contribution in [0.15, 0.2) is 18.3 Å². The van der Waals surface area contributed by atoms with Crippen LogP contribution in [0.1, 0.15) is 25.0 Å². The highest BCUT2D eigenvalue weighted by atomic mass is 32.2. The molecule has 0 spiro atoms. The SMILES string of the molecule is CCC(O)c1ccnc(N2CCSCC2)c1. The molecule has 1 atom stereocenters. The second-order valence-electron chi connectivity index (χ2n) is 3.97. The van der Waals surface area contributed by atoms with Gasteiger partial charge in [-0.05, 0) is 24.1 Å². The molecule has 1 unspecified atom stereocenters. The standard InChI is InChI=1S/C12H18N2OS/c1-2-11(15)10-3-4-13-12(9-10)14-5-7-16-8-6-14/h3-4,9,11,15H,2,5-8H2,1H3. The molecule has 88 valence electrons. The fraction of sp³-hybridized carbons (Fsp3) is 0.583. The topological polar surface area (TPSA) is 36.4 Å². The number of hydrogen-bond donors (Lipinski definition) is 1. The molecule has 3 nitrogen and oxygen atoms in total. The van der Waals surface area contributed by atoms with E-state index in [0.29, 0.717) is 0 Å². The minimum atomic E-state index is -0.360. The lowest BCUT2D eigenvalue weighted by molar-refractivity contribution is 0.173. The van der Waals surface area contributed by atoms with E-state index in [-0.39, 0.29) is 6.10 Å². The molecule has 0 bridgehead atoms. The van der Waals surface area contributed by atoms with Crippen molar-refractivity contribution in [3.8, 4) is 0 Å². The molecular weight excluding hydrogens is 220 g/mol. The Kier molecular flexibility index (Phi) is 4.07. The summed E-state index contributed by atoms with van der Waals surface area (Å²) in [4.78, 5) is 6.68. The van der Waals surface area contributed by atoms with E-state index in [1.165, 1.54) is 11.5 Å². The molecule has 16 heavy (non-hydrogen) atoms. The Morgan fingerprint density at radius 1 is 1.50 bits per heavy atom. The fourth-order valence-electron chi connectivity index (χ4n) is 1.84. The lowest BCUT2D eigenvalue weighted by Gasteiger charge is -2.27. The fourth-order valence-corrected chi connectivity index (χ4v) is 2.75. The molecule has 1 aromatic rings. The van der Waals surface area contributed by atoms with Crippen LogP contribution in [-0.4, -0.2) is 34.7 Å². The summed E-state index contributed by atoms with van der Waals surface area (Å²) in [7, 11) is 0. The maximum atomic E-state index is 9.80. The van der Waals surface area contributed by atoms with Crippen molar-refractivity contribution in [2.45, 2.75) is 19.4 Å². The number of hydrogen-bond acceptors (Lipinski definition) is 4. The maximum Gasteiger partial charge on any atom is 0.128 e. The molecule has 1 aliphatic heterocycles. The number of pyridine rings is 1. The first-order valence-electron chi connectivity index (χ1n) is 5.78. The second kappa shape index (κ2) is 5.55. The van der Waals surface area contributed by atoms with Crippen molar-refractivity contribution in [3.63, 3.8) is 0 Å². The second-order valence-corrected chi connectivity index (χ2v) is 5.20. The van der Waals surface area contributed by atoms with Gasteiger partial charge in [-0.15, -0.1) is 0 Å². The highest BCUT2D eigenvalue weighted by Gasteiger charge is 2.13. The van der Waals surface area contributed by atoms with Crippen LogP contribution in [0.25, 0.3) is 0 Å². The van der Waals surface area contributed by atoms with Gasteiger partial charge in [0, 0.05) is 30.8 Å². The Balaban J connectivity index is 2.14. The Morgan fingerprint density at radius 2 is 2.25 bits per heavy atom. The molecule has 1 fully saturated rings. The van der Waals surface area contributed by atoms with Gasteiger partial charge in [-0.1, -0.05) is 6.92 Å². The predicted octanol–water partition coefficient (Wildman–Crippen LogP) is 2.08. The number of anilines is 1. The molecule has 1 N–H and O–H groups in total. The summed E-state index contributed by atoms with van der Waals surface area (Å²) in [5, 5.41) is 9.80. The minimum absolute atomic E-state index is 0.360. The highest BCUT2D eigenvalue weighted by Crippen LogP contribution is 2.22. The summed E-state index contributed by atoms with van der Waals surface area (Å²) in [5.74, 6) is 3.34. The maximum absolute atomic E-state index is 9.80. The van der Waals surface area contributed by atoms with Crippen molar-refractivity contribution in [2.24, 2.45) is 0 Å². The van der Waals surface area contributed by atoms with Crippen LogP contribution in [0, 0.1) is 0 Å². The van der Waals surface area contributed by atoms with Gasteiger partial charge in [0.15, 0.2) is 0 Å². The van der Waals surface area contributed by atoms with Gasteiger partial charge in [0.1, 0.15) is 5.82 Å². The van der Waals surface area contributed by atoms with E-state index in [1.54, 1.807) is 6.20 Å². The molecule has 0 saturated carbocycles. The summed E-state index contributed by atoms with van der Waals surface area (Å²) < 4.78 is 0. The van der Waals surface area contributed by atoms with Crippen LogP contribution in [0.5, 0.6) is 0 Å². The zero-order chi connectivity index (χ0) is 11.4. The van der Waals surface area contributed by atoms with Crippen LogP contribution in [-0.2, 0) is 0 Å². The largest absolute Gasteiger partial charge is 0.388 e. The molecule has 1 aliphatic rings. The number of thioether (sulfide) groups is 1. The first-order valence-corrected chi connectivity index (χ1v) is 6.93. The van der Waals surface area contributed by atoms with Crippen LogP contribution in [0.3, 0.4) is 0 Å². The normalized spacial score (nSPS) is 18.5. The summed E-state index contributed by atoms with van der Waals surface area (Å²) in [5.41, 5.74) is 0.978. The van der Waals surface area contributed by atoms with Gasteiger partial charge in [0.2, 0.25) is 0 Å². The lowest BCUT2D eigenvalue weighted by Crippen LogP contribution is -2.33. The van der Waals surface area contributed by atoms with Crippen LogP contribution in [0.4, 0.5) is 5.82 Å². The zero-order valence-corrected chi connectivity index (χ0v) is 10.4. The Labute approximate surface area is 101 Å². The van der Waals surface area contributed by atoms with Crippen molar-refractivity contribution in [1.29, 1.82) is 0 Å². The van der Waals surface area contributed by atoms with Crippen molar-refractivity contribution in [2.75, 3.05) is 29.5 Å². The molecule has 0 radical (unpaired) electrons.